The average Bonchev–Trinajstić information content (AvgIpc) is 3.77. The summed E-state index contributed by atoms with van der Waals surface area (Å²) in [5, 5.41) is 7.17. The molecule has 0 unspecified atom stereocenters. The molecule has 12 heteroatoms. The van der Waals surface area contributed by atoms with E-state index in [1.165, 1.54) is 0 Å². The number of fused-ring (bicyclic) bond motifs is 8. The molecule has 0 aliphatic carbocycles. The van der Waals surface area contributed by atoms with E-state index >= 15 is 0 Å². The van der Waals surface area contributed by atoms with Crippen LogP contribution in [0.5, 0.6) is 11.5 Å². The van der Waals surface area contributed by atoms with E-state index in [0.29, 0.717) is 81.1 Å². The van der Waals surface area contributed by atoms with Gasteiger partial charge < -0.3 is 35.3 Å². The second-order valence-corrected chi connectivity index (χ2v) is 19.7. The molecule has 8 aromatic carbocycles. The molecule has 10 nitrogen and oxygen atoms in total. The highest BCUT2D eigenvalue weighted by Crippen LogP contribution is 2.54. The van der Waals surface area contributed by atoms with Crippen molar-refractivity contribution >= 4 is 93.7 Å². The van der Waals surface area contributed by atoms with Crippen LogP contribution in [0.4, 0.5) is 0 Å². The summed E-state index contributed by atoms with van der Waals surface area (Å²) in [6, 6.07) is 52.2. The van der Waals surface area contributed by atoms with Gasteiger partial charge in [0.25, 0.3) is 0 Å². The maximum atomic E-state index is 7.35. The monoisotopic (exact) mass is 908 g/mol. The summed E-state index contributed by atoms with van der Waals surface area (Å²) in [4.78, 5) is 10.3. The zero-order chi connectivity index (χ0) is 44.6. The molecule has 0 saturated carbocycles. The maximum Gasteiger partial charge on any atom is 0.453 e. The molecule has 10 aromatic rings. The molecule has 326 valence electrons. The van der Waals surface area contributed by atoms with E-state index in [4.69, 9.17) is 45.3 Å². The van der Waals surface area contributed by atoms with Crippen molar-refractivity contribution in [2.45, 2.75) is 38.8 Å². The first-order valence-corrected chi connectivity index (χ1v) is 24.0. The molecule has 66 heavy (non-hydrogen) atoms. The molecule has 0 bridgehead atoms. The molecule has 4 heterocycles. The molecule has 2 aliphatic heterocycles. The molecule has 0 N–H and O–H groups in total. The number of nitrogens with zero attached hydrogens (tertiary/aromatic N) is 2. The Morgan fingerprint density at radius 1 is 0.409 bits per heavy atom. The summed E-state index contributed by atoms with van der Waals surface area (Å²) in [6.45, 7) is 8.97. The lowest BCUT2D eigenvalue weighted by molar-refractivity contribution is 0.279. The first-order chi connectivity index (χ1) is 32.1. The van der Waals surface area contributed by atoms with Gasteiger partial charge in [-0.05, 0) is 85.6 Å². The third kappa shape index (κ3) is 7.14. The van der Waals surface area contributed by atoms with Gasteiger partial charge in [0.05, 0.1) is 22.2 Å². The Morgan fingerprint density at radius 2 is 0.712 bits per heavy atom. The van der Waals surface area contributed by atoms with Gasteiger partial charge in [-0.1, -0.05) is 121 Å². The van der Waals surface area contributed by atoms with E-state index in [1.807, 2.05) is 121 Å². The fourth-order valence-corrected chi connectivity index (χ4v) is 10.9. The zero-order valence-corrected chi connectivity index (χ0v) is 38.3. The number of benzene rings is 8. The van der Waals surface area contributed by atoms with Crippen LogP contribution in [0.2, 0.25) is 0 Å². The van der Waals surface area contributed by atoms with E-state index in [-0.39, 0.29) is 0 Å². The molecule has 0 fully saturated rings. The van der Waals surface area contributed by atoms with Crippen LogP contribution in [0.15, 0.2) is 184 Å². The fraction of sp³-hybridized carbons (Fsp3) is 0.148. The minimum atomic E-state index is -2.17. The van der Waals surface area contributed by atoms with Crippen molar-refractivity contribution in [2.75, 3.05) is 13.2 Å². The predicted molar refractivity (Wildman–Crippen MR) is 265 cm³/mol. The Bertz CT molecular complexity index is 3400. The number of hydrogen-bond acceptors (Lipinski definition) is 10. The standard InChI is InChI=1S/C54H42N2O8P2/c1-53(2)31-57-51(55-53)41-29-33-17-5-7-19-35(33)47(49(41)63-65-59-43-25-13-9-21-37(43)38-22-10-14-26-44(38)60-65)48-36-20-8-6-18-34(36)30-42(52-56-54(3,4)32-58-52)50(48)64-66-61-45-27-15-11-23-39(45)40-24-12-16-28-46(40)62-66/h5-30H,31-32H2,1-4H3. The first-order valence-electron chi connectivity index (χ1n) is 21.8. The normalized spacial score (nSPS) is 15.2. The Balaban J connectivity index is 1.23. The van der Waals surface area contributed by atoms with Crippen LogP contribution in [-0.2, 0) is 9.47 Å². The van der Waals surface area contributed by atoms with Crippen LogP contribution in [0.3, 0.4) is 0 Å². The lowest BCUT2D eigenvalue weighted by atomic mass is 9.88. The molecule has 0 amide bonds. The topological polar surface area (TPSA) is 114 Å². The molecule has 2 aliphatic rings. The minimum absolute atomic E-state index is 0.383. The van der Waals surface area contributed by atoms with E-state index in [1.54, 1.807) is 0 Å². The highest BCUT2D eigenvalue weighted by Gasteiger charge is 2.36. The van der Waals surface area contributed by atoms with Crippen LogP contribution >= 0.6 is 16.5 Å². The van der Waals surface area contributed by atoms with Crippen LogP contribution in [0.1, 0.15) is 38.8 Å². The highest BCUT2D eigenvalue weighted by atomic mass is 31.1. The Morgan fingerprint density at radius 3 is 1.03 bits per heavy atom. The van der Waals surface area contributed by atoms with E-state index < -0.39 is 27.6 Å². The van der Waals surface area contributed by atoms with Gasteiger partial charge in [-0.3, -0.25) is 0 Å². The largest absolute Gasteiger partial charge is 0.475 e. The quantitative estimate of drug-likeness (QED) is 0.155. The van der Waals surface area contributed by atoms with Crippen molar-refractivity contribution in [2.24, 2.45) is 9.98 Å². The van der Waals surface area contributed by atoms with Crippen LogP contribution in [-0.4, -0.2) is 36.1 Å². The minimum Gasteiger partial charge on any atom is -0.475 e. The number of rotatable bonds is 7. The molecule has 0 radical (unpaired) electrons. The molecular formula is C54H42N2O8P2. The summed E-state index contributed by atoms with van der Waals surface area (Å²) in [6.07, 6.45) is 0. The van der Waals surface area contributed by atoms with Crippen molar-refractivity contribution in [3.63, 3.8) is 0 Å². The molecule has 2 aromatic heterocycles. The van der Waals surface area contributed by atoms with Crippen molar-refractivity contribution < 1.29 is 35.3 Å². The zero-order valence-electron chi connectivity index (χ0n) is 36.5. The molecule has 12 rings (SSSR count). The lowest BCUT2D eigenvalue weighted by Gasteiger charge is -2.22. The van der Waals surface area contributed by atoms with E-state index in [2.05, 4.69) is 64.1 Å². The first kappa shape index (κ1) is 40.2. The summed E-state index contributed by atoms with van der Waals surface area (Å²) < 4.78 is 54.8. The number of aliphatic imine (C=N–C) groups is 2. The predicted octanol–water partition coefficient (Wildman–Crippen LogP) is 15.7. The van der Waals surface area contributed by atoms with E-state index in [9.17, 15) is 0 Å². The van der Waals surface area contributed by atoms with Crippen molar-refractivity contribution in [3.8, 4) is 22.6 Å². The Labute approximate surface area is 381 Å². The molecule has 0 saturated heterocycles. The lowest BCUT2D eigenvalue weighted by Crippen LogP contribution is -2.17. The highest BCUT2D eigenvalue weighted by molar-refractivity contribution is 7.32. The van der Waals surface area contributed by atoms with Crippen molar-refractivity contribution in [1.82, 2.24) is 0 Å². The van der Waals surface area contributed by atoms with E-state index in [0.717, 1.165) is 43.1 Å². The molecular weight excluding hydrogens is 867 g/mol. The Kier molecular flexibility index (Phi) is 9.53. The summed E-state index contributed by atoms with van der Waals surface area (Å²) in [5.41, 5.74) is 4.18. The third-order valence-corrected chi connectivity index (χ3v) is 13.8. The second-order valence-electron chi connectivity index (χ2n) is 17.7. The van der Waals surface area contributed by atoms with Gasteiger partial charge in [0.15, 0.2) is 11.5 Å². The fourth-order valence-electron chi connectivity index (χ4n) is 8.76. The van der Waals surface area contributed by atoms with Gasteiger partial charge in [0, 0.05) is 32.7 Å². The second kappa shape index (κ2) is 15.7. The number of para-hydroxylation sites is 4. The Hall–Kier alpha value is -7.38. The number of ether oxygens (including phenoxy) is 2. The number of hydrogen-bond donors (Lipinski definition) is 0. The third-order valence-electron chi connectivity index (χ3n) is 11.8. The smallest absolute Gasteiger partial charge is 0.453 e. The van der Waals surface area contributed by atoms with Gasteiger partial charge in [-0.25, -0.2) is 9.98 Å². The van der Waals surface area contributed by atoms with Gasteiger partial charge in [-0.2, -0.15) is 0 Å². The average molecular weight is 909 g/mol. The summed E-state index contributed by atoms with van der Waals surface area (Å²) in [7, 11) is -4.34. The van der Waals surface area contributed by atoms with Gasteiger partial charge >= 0.3 is 16.5 Å². The van der Waals surface area contributed by atoms with Crippen LogP contribution in [0.25, 0.3) is 76.5 Å². The van der Waals surface area contributed by atoms with Crippen LogP contribution in [0, 0.1) is 0 Å². The van der Waals surface area contributed by atoms with Crippen LogP contribution < -0.4 is 9.05 Å². The van der Waals surface area contributed by atoms with Crippen molar-refractivity contribution in [3.05, 3.63) is 169 Å². The SMILES string of the molecule is CC1(C)COC(c2cc3ccccc3c(-c3c(Op4oc5ccccc5c5ccccc5o4)c(C4=NC(C)(C)CO4)cc4ccccc34)c2Op2oc3ccccc3c3ccccc3o2)=N1. The summed E-state index contributed by atoms with van der Waals surface area (Å²) in [5.74, 6) is 1.74. The maximum absolute atomic E-state index is 7.35. The van der Waals surface area contributed by atoms with Gasteiger partial charge in [-0.15, -0.1) is 0 Å². The molecule has 0 spiro atoms. The van der Waals surface area contributed by atoms with Gasteiger partial charge in [0.1, 0.15) is 35.5 Å². The van der Waals surface area contributed by atoms with Crippen molar-refractivity contribution in [1.29, 1.82) is 0 Å². The molecule has 0 atom stereocenters. The van der Waals surface area contributed by atoms with Gasteiger partial charge in [0.2, 0.25) is 11.8 Å². The summed E-state index contributed by atoms with van der Waals surface area (Å²) >= 11 is 0.